The molecule has 0 aromatic carbocycles. The summed E-state index contributed by atoms with van der Waals surface area (Å²) in [6.45, 7) is 8.52. The van der Waals surface area contributed by atoms with Gasteiger partial charge in [0, 0.05) is 5.92 Å². The van der Waals surface area contributed by atoms with Crippen LogP contribution in [0.4, 0.5) is 0 Å². The van der Waals surface area contributed by atoms with Gasteiger partial charge in [-0.15, -0.1) is 0 Å². The fraction of sp³-hybridized carbons (Fsp3) is 0.833. The zero-order chi connectivity index (χ0) is 12.6. The molecule has 0 spiro atoms. The van der Waals surface area contributed by atoms with E-state index in [9.17, 15) is 4.79 Å². The minimum atomic E-state index is -0.242. The average molecular weight is 229 g/mol. The van der Waals surface area contributed by atoms with E-state index >= 15 is 0 Å². The third kappa shape index (κ3) is 5.14. The van der Waals surface area contributed by atoms with Crippen LogP contribution >= 0.6 is 0 Å². The molecule has 0 amide bonds. The molecule has 0 heterocycles. The highest BCUT2D eigenvalue weighted by atomic mass is 16.6. The van der Waals surface area contributed by atoms with Crippen molar-refractivity contribution in [3.05, 3.63) is 0 Å². The Hall–Kier alpha value is -1.06. The Morgan fingerprint density at radius 1 is 1.31 bits per heavy atom. The SMILES string of the molecule is CCOC(=O)C/C(=N/OC)[C@H](C)[C@H](C)CC. The van der Waals surface area contributed by atoms with Gasteiger partial charge in [0.15, 0.2) is 0 Å². The van der Waals surface area contributed by atoms with E-state index in [1.165, 1.54) is 7.11 Å². The maximum absolute atomic E-state index is 11.4. The second-order valence-electron chi connectivity index (χ2n) is 3.92. The Labute approximate surface area is 98.0 Å². The summed E-state index contributed by atoms with van der Waals surface area (Å²) in [6, 6.07) is 0. The van der Waals surface area contributed by atoms with E-state index in [4.69, 9.17) is 9.57 Å². The molecule has 0 aromatic heterocycles. The normalized spacial score (nSPS) is 15.4. The lowest BCUT2D eigenvalue weighted by molar-refractivity contribution is -0.141. The zero-order valence-electron chi connectivity index (χ0n) is 10.9. The molecule has 0 rings (SSSR count). The molecule has 0 aliphatic heterocycles. The van der Waals surface area contributed by atoms with Crippen molar-refractivity contribution in [3.8, 4) is 0 Å². The Kier molecular flexibility index (Phi) is 7.60. The number of carbonyl (C=O) groups excluding carboxylic acids is 1. The summed E-state index contributed by atoms with van der Waals surface area (Å²) < 4.78 is 4.91. The molecule has 4 nitrogen and oxygen atoms in total. The highest BCUT2D eigenvalue weighted by Crippen LogP contribution is 2.18. The lowest BCUT2D eigenvalue weighted by Crippen LogP contribution is -2.23. The third-order valence-corrected chi connectivity index (χ3v) is 2.86. The smallest absolute Gasteiger partial charge is 0.311 e. The molecule has 0 fully saturated rings. The van der Waals surface area contributed by atoms with E-state index in [1.807, 2.05) is 0 Å². The van der Waals surface area contributed by atoms with Gasteiger partial charge in [0.25, 0.3) is 0 Å². The quantitative estimate of drug-likeness (QED) is 0.383. The lowest BCUT2D eigenvalue weighted by Gasteiger charge is -2.19. The van der Waals surface area contributed by atoms with Gasteiger partial charge in [-0.1, -0.05) is 32.3 Å². The van der Waals surface area contributed by atoms with Gasteiger partial charge in [-0.25, -0.2) is 0 Å². The molecular weight excluding hydrogens is 206 g/mol. The Morgan fingerprint density at radius 2 is 1.94 bits per heavy atom. The number of rotatable bonds is 7. The second-order valence-corrected chi connectivity index (χ2v) is 3.92. The van der Waals surface area contributed by atoms with Gasteiger partial charge in [0.05, 0.1) is 18.7 Å². The summed E-state index contributed by atoms with van der Waals surface area (Å²) in [4.78, 5) is 16.2. The predicted octanol–water partition coefficient (Wildman–Crippen LogP) is 2.62. The number of carbonyl (C=O) groups is 1. The van der Waals surface area contributed by atoms with Gasteiger partial charge in [0.2, 0.25) is 0 Å². The maximum atomic E-state index is 11.4. The molecule has 16 heavy (non-hydrogen) atoms. The van der Waals surface area contributed by atoms with E-state index in [0.717, 1.165) is 12.1 Å². The number of ether oxygens (including phenoxy) is 1. The standard InChI is InChI=1S/C12H23NO3/c1-6-9(3)10(4)11(13-15-5)8-12(14)16-7-2/h9-10H,6-8H2,1-5H3/b13-11-/t9-,10-/m1/s1. The van der Waals surface area contributed by atoms with Crippen LogP contribution in [0.15, 0.2) is 5.16 Å². The van der Waals surface area contributed by atoms with Crippen molar-refractivity contribution in [3.63, 3.8) is 0 Å². The molecule has 0 saturated heterocycles. The first-order valence-electron chi connectivity index (χ1n) is 5.82. The van der Waals surface area contributed by atoms with Crippen molar-refractivity contribution in [2.45, 2.75) is 40.5 Å². The lowest BCUT2D eigenvalue weighted by atomic mass is 9.88. The van der Waals surface area contributed by atoms with E-state index in [0.29, 0.717) is 12.5 Å². The van der Waals surface area contributed by atoms with E-state index < -0.39 is 0 Å². The molecule has 0 aliphatic rings. The van der Waals surface area contributed by atoms with Crippen LogP contribution in [0.25, 0.3) is 0 Å². The van der Waals surface area contributed by atoms with Gasteiger partial charge in [-0.05, 0) is 12.8 Å². The van der Waals surface area contributed by atoms with Crippen LogP contribution in [-0.4, -0.2) is 25.4 Å². The molecule has 0 radical (unpaired) electrons. The molecule has 0 aromatic rings. The predicted molar refractivity (Wildman–Crippen MR) is 64.3 cm³/mol. The van der Waals surface area contributed by atoms with Crippen LogP contribution in [-0.2, 0) is 14.4 Å². The Morgan fingerprint density at radius 3 is 2.38 bits per heavy atom. The number of nitrogens with zero attached hydrogens (tertiary/aromatic N) is 1. The summed E-state index contributed by atoms with van der Waals surface area (Å²) in [6.07, 6.45) is 1.26. The van der Waals surface area contributed by atoms with Crippen molar-refractivity contribution in [1.82, 2.24) is 0 Å². The fourth-order valence-corrected chi connectivity index (χ4v) is 1.44. The summed E-state index contributed by atoms with van der Waals surface area (Å²) >= 11 is 0. The Bertz CT molecular complexity index is 238. The first kappa shape index (κ1) is 14.9. The molecule has 0 bridgehead atoms. The van der Waals surface area contributed by atoms with Crippen LogP contribution in [0.5, 0.6) is 0 Å². The minimum absolute atomic E-state index is 0.215. The van der Waals surface area contributed by atoms with E-state index in [1.54, 1.807) is 6.92 Å². The molecule has 2 atom stereocenters. The highest BCUT2D eigenvalue weighted by molar-refractivity contribution is 5.99. The average Bonchev–Trinajstić information content (AvgIpc) is 2.26. The van der Waals surface area contributed by atoms with Gasteiger partial charge in [-0.2, -0.15) is 0 Å². The van der Waals surface area contributed by atoms with Crippen LogP contribution in [0.3, 0.4) is 0 Å². The Balaban J connectivity index is 4.50. The molecule has 94 valence electrons. The minimum Gasteiger partial charge on any atom is -0.466 e. The van der Waals surface area contributed by atoms with Crippen LogP contribution in [0, 0.1) is 11.8 Å². The monoisotopic (exact) mass is 229 g/mol. The van der Waals surface area contributed by atoms with E-state index in [-0.39, 0.29) is 18.3 Å². The zero-order valence-corrected chi connectivity index (χ0v) is 10.9. The van der Waals surface area contributed by atoms with Crippen molar-refractivity contribution in [2.24, 2.45) is 17.0 Å². The molecule has 0 unspecified atom stereocenters. The van der Waals surface area contributed by atoms with Crippen molar-refractivity contribution >= 4 is 11.7 Å². The first-order valence-corrected chi connectivity index (χ1v) is 5.82. The molecule has 0 N–H and O–H groups in total. The summed E-state index contributed by atoms with van der Waals surface area (Å²) in [5.41, 5.74) is 0.760. The molecule has 4 heteroatoms. The largest absolute Gasteiger partial charge is 0.466 e. The number of hydrogen-bond acceptors (Lipinski definition) is 4. The maximum Gasteiger partial charge on any atom is 0.311 e. The van der Waals surface area contributed by atoms with Gasteiger partial charge in [-0.3, -0.25) is 4.79 Å². The molecule has 0 aliphatic carbocycles. The first-order chi connectivity index (χ1) is 7.56. The number of oxime groups is 1. The highest BCUT2D eigenvalue weighted by Gasteiger charge is 2.20. The number of hydrogen-bond donors (Lipinski definition) is 0. The summed E-state index contributed by atoms with van der Waals surface area (Å²) in [5.74, 6) is 0.464. The molecule has 0 saturated carbocycles. The van der Waals surface area contributed by atoms with Gasteiger partial charge in [0.1, 0.15) is 7.11 Å². The van der Waals surface area contributed by atoms with Gasteiger partial charge < -0.3 is 9.57 Å². The van der Waals surface area contributed by atoms with Crippen LogP contribution in [0.1, 0.15) is 40.5 Å². The van der Waals surface area contributed by atoms with Crippen molar-refractivity contribution in [2.75, 3.05) is 13.7 Å². The molecular formula is C12H23NO3. The van der Waals surface area contributed by atoms with E-state index in [2.05, 4.69) is 25.9 Å². The second kappa shape index (κ2) is 8.13. The summed E-state index contributed by atoms with van der Waals surface area (Å²) in [5, 5.41) is 3.93. The summed E-state index contributed by atoms with van der Waals surface area (Å²) in [7, 11) is 1.49. The van der Waals surface area contributed by atoms with Crippen molar-refractivity contribution < 1.29 is 14.4 Å². The third-order valence-electron chi connectivity index (χ3n) is 2.86. The topological polar surface area (TPSA) is 47.9 Å². The fourth-order valence-electron chi connectivity index (χ4n) is 1.44. The van der Waals surface area contributed by atoms with Crippen LogP contribution < -0.4 is 0 Å². The van der Waals surface area contributed by atoms with Crippen LogP contribution in [0.2, 0.25) is 0 Å². The number of esters is 1. The van der Waals surface area contributed by atoms with Gasteiger partial charge >= 0.3 is 5.97 Å². The van der Waals surface area contributed by atoms with Crippen molar-refractivity contribution in [1.29, 1.82) is 0 Å².